The molecule has 2 amide bonds. The van der Waals surface area contributed by atoms with Crippen LogP contribution in [0.2, 0.25) is 10.0 Å². The van der Waals surface area contributed by atoms with Crippen molar-refractivity contribution in [2.75, 3.05) is 32.8 Å². The number of hydrogen-bond acceptors (Lipinski definition) is 3. The number of rotatable bonds is 4. The minimum atomic E-state index is -0.386. The molecule has 0 saturated carbocycles. The summed E-state index contributed by atoms with van der Waals surface area (Å²) in [6, 6.07) is 10.2. The number of piperazine rings is 1. The van der Waals surface area contributed by atoms with Crippen LogP contribution in [0.25, 0.3) is 0 Å². The molecular weight excluding hydrogens is 394 g/mol. The zero-order valence-electron chi connectivity index (χ0n) is 14.3. The van der Waals surface area contributed by atoms with Gasteiger partial charge >= 0.3 is 0 Å². The van der Waals surface area contributed by atoms with E-state index in [2.05, 4.69) is 0 Å². The van der Waals surface area contributed by atoms with Gasteiger partial charge in [-0.1, -0.05) is 23.2 Å². The van der Waals surface area contributed by atoms with Gasteiger partial charge in [0.15, 0.2) is 6.61 Å². The van der Waals surface area contributed by atoms with Gasteiger partial charge in [-0.05, 0) is 42.5 Å². The van der Waals surface area contributed by atoms with Crippen molar-refractivity contribution in [1.82, 2.24) is 9.80 Å². The summed E-state index contributed by atoms with van der Waals surface area (Å²) in [6.07, 6.45) is 0. The highest BCUT2D eigenvalue weighted by Gasteiger charge is 2.25. The Kier molecular flexibility index (Phi) is 6.19. The standard InChI is InChI=1S/C19H17Cl2FN2O3/c20-14-3-6-17(16(21)11-14)27-12-18(25)23-7-9-24(10-8-23)19(26)13-1-4-15(22)5-2-13/h1-6,11H,7-10,12H2. The van der Waals surface area contributed by atoms with Gasteiger partial charge in [-0.3, -0.25) is 9.59 Å². The maximum Gasteiger partial charge on any atom is 0.260 e. The van der Waals surface area contributed by atoms with Crippen molar-refractivity contribution in [2.24, 2.45) is 0 Å². The summed E-state index contributed by atoms with van der Waals surface area (Å²) in [5.41, 5.74) is 0.428. The average Bonchev–Trinajstić information content (AvgIpc) is 2.67. The molecule has 0 spiro atoms. The number of carbonyl (C=O) groups is 2. The van der Waals surface area contributed by atoms with Gasteiger partial charge < -0.3 is 14.5 Å². The number of nitrogens with zero attached hydrogens (tertiary/aromatic N) is 2. The molecule has 2 aromatic rings. The topological polar surface area (TPSA) is 49.9 Å². The van der Waals surface area contributed by atoms with Crippen LogP contribution in [0.4, 0.5) is 4.39 Å². The van der Waals surface area contributed by atoms with Gasteiger partial charge in [-0.15, -0.1) is 0 Å². The Hall–Kier alpha value is -2.31. The summed E-state index contributed by atoms with van der Waals surface area (Å²) >= 11 is 11.8. The zero-order chi connectivity index (χ0) is 19.4. The Bertz CT molecular complexity index is 837. The van der Waals surface area contributed by atoms with Crippen LogP contribution >= 0.6 is 23.2 Å². The van der Waals surface area contributed by atoms with Crippen LogP contribution in [0.3, 0.4) is 0 Å². The normalized spacial score (nSPS) is 14.2. The lowest BCUT2D eigenvalue weighted by atomic mass is 10.2. The van der Waals surface area contributed by atoms with E-state index in [1.165, 1.54) is 24.3 Å². The molecule has 2 aromatic carbocycles. The summed E-state index contributed by atoms with van der Waals surface area (Å²) in [5.74, 6) is -0.358. The Morgan fingerprint density at radius 3 is 2.22 bits per heavy atom. The Labute approximate surface area is 166 Å². The van der Waals surface area contributed by atoms with Crippen LogP contribution < -0.4 is 4.74 Å². The summed E-state index contributed by atoms with van der Waals surface area (Å²) in [5, 5.41) is 0.825. The lowest BCUT2D eigenvalue weighted by Crippen LogP contribution is -2.51. The van der Waals surface area contributed by atoms with Crippen molar-refractivity contribution in [3.63, 3.8) is 0 Å². The van der Waals surface area contributed by atoms with Crippen LogP contribution in [0, 0.1) is 5.82 Å². The lowest BCUT2D eigenvalue weighted by Gasteiger charge is -2.34. The van der Waals surface area contributed by atoms with Gasteiger partial charge in [-0.2, -0.15) is 0 Å². The first kappa shape index (κ1) is 19.5. The van der Waals surface area contributed by atoms with Crippen LogP contribution in [-0.2, 0) is 4.79 Å². The smallest absolute Gasteiger partial charge is 0.260 e. The fourth-order valence-electron chi connectivity index (χ4n) is 2.76. The monoisotopic (exact) mass is 410 g/mol. The third-order valence-corrected chi connectivity index (χ3v) is 4.79. The summed E-state index contributed by atoms with van der Waals surface area (Å²) in [6.45, 7) is 1.48. The first-order chi connectivity index (χ1) is 12.9. The molecule has 1 aliphatic heterocycles. The van der Waals surface area contributed by atoms with E-state index in [4.69, 9.17) is 27.9 Å². The van der Waals surface area contributed by atoms with Crippen LogP contribution in [0.15, 0.2) is 42.5 Å². The first-order valence-corrected chi connectivity index (χ1v) is 9.10. The highest BCUT2D eigenvalue weighted by molar-refractivity contribution is 6.35. The van der Waals surface area contributed by atoms with Gasteiger partial charge in [0, 0.05) is 36.8 Å². The molecule has 27 heavy (non-hydrogen) atoms. The molecule has 0 N–H and O–H groups in total. The van der Waals surface area contributed by atoms with Gasteiger partial charge in [0.2, 0.25) is 0 Å². The van der Waals surface area contributed by atoms with Gasteiger partial charge in [-0.25, -0.2) is 4.39 Å². The molecule has 0 unspecified atom stereocenters. The lowest BCUT2D eigenvalue weighted by molar-refractivity contribution is -0.134. The van der Waals surface area contributed by atoms with Crippen LogP contribution in [0.5, 0.6) is 5.75 Å². The molecule has 0 radical (unpaired) electrons. The Morgan fingerprint density at radius 2 is 1.59 bits per heavy atom. The second-order valence-electron chi connectivity index (χ2n) is 6.04. The predicted molar refractivity (Wildman–Crippen MR) is 101 cm³/mol. The number of carbonyl (C=O) groups excluding carboxylic acids is 2. The molecule has 3 rings (SSSR count). The van der Waals surface area contributed by atoms with Crippen molar-refractivity contribution in [1.29, 1.82) is 0 Å². The molecule has 8 heteroatoms. The van der Waals surface area contributed by atoms with E-state index < -0.39 is 0 Å². The molecular formula is C19H17Cl2FN2O3. The first-order valence-electron chi connectivity index (χ1n) is 8.34. The van der Waals surface area contributed by atoms with E-state index in [-0.39, 0.29) is 24.2 Å². The summed E-state index contributed by atoms with van der Waals surface area (Å²) in [4.78, 5) is 28.0. The number of amides is 2. The van der Waals surface area contributed by atoms with E-state index >= 15 is 0 Å². The number of benzene rings is 2. The van der Waals surface area contributed by atoms with E-state index in [0.717, 1.165) is 0 Å². The number of hydrogen-bond donors (Lipinski definition) is 0. The fourth-order valence-corrected chi connectivity index (χ4v) is 3.22. The largest absolute Gasteiger partial charge is 0.482 e. The third kappa shape index (κ3) is 4.90. The Balaban J connectivity index is 1.50. The van der Waals surface area contributed by atoms with Crippen molar-refractivity contribution in [3.05, 3.63) is 63.9 Å². The third-order valence-electron chi connectivity index (χ3n) is 4.26. The van der Waals surface area contributed by atoms with Gasteiger partial charge in [0.25, 0.3) is 11.8 Å². The van der Waals surface area contributed by atoms with Crippen LogP contribution in [0.1, 0.15) is 10.4 Å². The number of halogens is 3. The molecule has 0 atom stereocenters. The molecule has 1 fully saturated rings. The summed E-state index contributed by atoms with van der Waals surface area (Å²) < 4.78 is 18.4. The van der Waals surface area contributed by atoms with Crippen molar-refractivity contribution < 1.29 is 18.7 Å². The molecule has 1 heterocycles. The molecule has 5 nitrogen and oxygen atoms in total. The second-order valence-corrected chi connectivity index (χ2v) is 6.89. The van der Waals surface area contributed by atoms with Crippen LogP contribution in [-0.4, -0.2) is 54.4 Å². The van der Waals surface area contributed by atoms with E-state index in [1.807, 2.05) is 0 Å². The average molecular weight is 411 g/mol. The van der Waals surface area contributed by atoms with E-state index in [0.29, 0.717) is 47.5 Å². The van der Waals surface area contributed by atoms with E-state index in [1.54, 1.807) is 28.0 Å². The highest BCUT2D eigenvalue weighted by Crippen LogP contribution is 2.27. The fraction of sp³-hybridized carbons (Fsp3) is 0.263. The molecule has 0 aliphatic carbocycles. The second kappa shape index (κ2) is 8.59. The minimum absolute atomic E-state index is 0.146. The van der Waals surface area contributed by atoms with Gasteiger partial charge in [0.1, 0.15) is 11.6 Å². The zero-order valence-corrected chi connectivity index (χ0v) is 15.8. The highest BCUT2D eigenvalue weighted by atomic mass is 35.5. The molecule has 0 aromatic heterocycles. The van der Waals surface area contributed by atoms with Crippen molar-refractivity contribution >= 4 is 35.0 Å². The molecule has 0 bridgehead atoms. The van der Waals surface area contributed by atoms with Crippen molar-refractivity contribution in [2.45, 2.75) is 0 Å². The number of ether oxygens (including phenoxy) is 1. The predicted octanol–water partition coefficient (Wildman–Crippen LogP) is 3.50. The molecule has 1 aliphatic rings. The maximum atomic E-state index is 13.0. The van der Waals surface area contributed by atoms with Crippen molar-refractivity contribution in [3.8, 4) is 5.75 Å². The van der Waals surface area contributed by atoms with E-state index in [9.17, 15) is 14.0 Å². The quantitative estimate of drug-likeness (QED) is 0.774. The maximum absolute atomic E-state index is 13.0. The Morgan fingerprint density at radius 1 is 0.963 bits per heavy atom. The molecule has 142 valence electrons. The molecule has 1 saturated heterocycles. The van der Waals surface area contributed by atoms with Gasteiger partial charge in [0.05, 0.1) is 5.02 Å². The minimum Gasteiger partial charge on any atom is -0.482 e. The summed E-state index contributed by atoms with van der Waals surface area (Å²) in [7, 11) is 0. The SMILES string of the molecule is O=C(COc1ccc(Cl)cc1Cl)N1CCN(C(=O)c2ccc(F)cc2)CC1.